The largest absolute Gasteiger partial charge is 0.369 e. The van der Waals surface area contributed by atoms with Crippen LogP contribution < -0.4 is 10.2 Å². The third kappa shape index (κ3) is 3.97. The molecule has 2 atom stereocenters. The number of nitrogens with zero attached hydrogens (tertiary/aromatic N) is 3. The summed E-state index contributed by atoms with van der Waals surface area (Å²) in [6.07, 6.45) is 2.72. The van der Waals surface area contributed by atoms with Gasteiger partial charge in [-0.3, -0.25) is 14.7 Å². The molecule has 2 aliphatic heterocycles. The van der Waals surface area contributed by atoms with E-state index in [0.29, 0.717) is 17.3 Å². The molecule has 2 aliphatic rings. The molecule has 1 saturated heterocycles. The van der Waals surface area contributed by atoms with Crippen molar-refractivity contribution in [2.24, 2.45) is 4.99 Å². The molecule has 0 spiro atoms. The maximum Gasteiger partial charge on any atom is 0.237 e. The number of benzene rings is 2. The number of fused-ring (bicyclic) bond motifs is 1. The minimum Gasteiger partial charge on any atom is -0.369 e. The number of hydrogen-bond donors (Lipinski definition) is 1. The molecule has 0 aliphatic carbocycles. The molecule has 0 aromatic heterocycles. The average Bonchev–Trinajstić information content (AvgIpc) is 3.08. The van der Waals surface area contributed by atoms with Crippen molar-refractivity contribution in [3.8, 4) is 0 Å². The summed E-state index contributed by atoms with van der Waals surface area (Å²) < 4.78 is 14.2. The highest BCUT2D eigenvalue weighted by Gasteiger charge is 2.31. The van der Waals surface area contributed by atoms with E-state index in [0.717, 1.165) is 37.4 Å². The Balaban J connectivity index is 1.47. The van der Waals surface area contributed by atoms with Gasteiger partial charge < -0.3 is 10.2 Å². The van der Waals surface area contributed by atoms with Gasteiger partial charge in [-0.05, 0) is 56.2 Å². The molecule has 2 unspecified atom stereocenters. The monoisotopic (exact) mass is 408 g/mol. The third-order valence-electron chi connectivity index (χ3n) is 6.33. The molecule has 1 N–H and O–H groups in total. The van der Waals surface area contributed by atoms with Crippen LogP contribution >= 0.6 is 0 Å². The van der Waals surface area contributed by atoms with Crippen molar-refractivity contribution < 1.29 is 9.18 Å². The SMILES string of the molecule is CCC(C)N1CCN(c2ccc(N=CC3C(=O)Nc4cccc(F)c43)cc2C)CC1. The minimum absolute atomic E-state index is 0.244. The van der Waals surface area contributed by atoms with Gasteiger partial charge in [0.15, 0.2) is 0 Å². The van der Waals surface area contributed by atoms with Crippen LogP contribution in [0, 0.1) is 12.7 Å². The summed E-state index contributed by atoms with van der Waals surface area (Å²) in [4.78, 5) is 21.7. The van der Waals surface area contributed by atoms with E-state index in [2.05, 4.69) is 46.9 Å². The number of amides is 1. The van der Waals surface area contributed by atoms with Gasteiger partial charge in [0.2, 0.25) is 5.91 Å². The van der Waals surface area contributed by atoms with Crippen LogP contribution in [0.3, 0.4) is 0 Å². The van der Waals surface area contributed by atoms with Crippen LogP contribution in [0.5, 0.6) is 0 Å². The van der Waals surface area contributed by atoms with Gasteiger partial charge in [-0.15, -0.1) is 0 Å². The molecule has 1 amide bonds. The first kappa shape index (κ1) is 20.5. The quantitative estimate of drug-likeness (QED) is 0.742. The Labute approximate surface area is 177 Å². The lowest BCUT2D eigenvalue weighted by atomic mass is 10.0. The predicted octanol–water partition coefficient (Wildman–Crippen LogP) is 4.49. The molecular formula is C24H29FN4O. The number of aliphatic imine (C=N–C) groups is 1. The number of anilines is 2. The molecule has 4 rings (SSSR count). The van der Waals surface area contributed by atoms with Gasteiger partial charge in [-0.2, -0.15) is 0 Å². The van der Waals surface area contributed by atoms with Crippen molar-refractivity contribution in [1.29, 1.82) is 0 Å². The molecule has 0 bridgehead atoms. The van der Waals surface area contributed by atoms with Crippen LogP contribution in [0.25, 0.3) is 0 Å². The lowest BCUT2D eigenvalue weighted by Crippen LogP contribution is -2.49. The maximum absolute atomic E-state index is 14.2. The van der Waals surface area contributed by atoms with E-state index < -0.39 is 5.92 Å². The van der Waals surface area contributed by atoms with E-state index in [1.807, 2.05) is 12.1 Å². The highest BCUT2D eigenvalue weighted by atomic mass is 19.1. The van der Waals surface area contributed by atoms with Crippen molar-refractivity contribution in [2.45, 2.75) is 39.2 Å². The van der Waals surface area contributed by atoms with E-state index in [1.165, 1.54) is 18.2 Å². The topological polar surface area (TPSA) is 47.9 Å². The van der Waals surface area contributed by atoms with Crippen molar-refractivity contribution >= 4 is 29.2 Å². The first-order valence-electron chi connectivity index (χ1n) is 10.7. The van der Waals surface area contributed by atoms with Crippen LogP contribution in [-0.2, 0) is 4.79 Å². The third-order valence-corrected chi connectivity index (χ3v) is 6.33. The molecule has 2 heterocycles. The minimum atomic E-state index is -0.699. The zero-order valence-corrected chi connectivity index (χ0v) is 17.9. The van der Waals surface area contributed by atoms with Crippen LogP contribution in [0.1, 0.15) is 37.3 Å². The Morgan fingerprint density at radius 1 is 1.23 bits per heavy atom. The first-order valence-corrected chi connectivity index (χ1v) is 10.7. The normalized spacial score (nSPS) is 20.5. The number of hydrogen-bond acceptors (Lipinski definition) is 4. The number of nitrogens with one attached hydrogen (secondary N) is 1. The van der Waals surface area contributed by atoms with Gasteiger partial charge in [0.05, 0.1) is 5.69 Å². The summed E-state index contributed by atoms with van der Waals surface area (Å²) in [6, 6.07) is 11.4. The Morgan fingerprint density at radius 2 is 2.00 bits per heavy atom. The fourth-order valence-electron chi connectivity index (χ4n) is 4.34. The Bertz CT molecular complexity index is 966. The summed E-state index contributed by atoms with van der Waals surface area (Å²) in [7, 11) is 0. The van der Waals surface area contributed by atoms with Gasteiger partial charge in [-0.1, -0.05) is 13.0 Å². The zero-order chi connectivity index (χ0) is 21.3. The van der Waals surface area contributed by atoms with Crippen LogP contribution in [0.4, 0.5) is 21.5 Å². The molecular weight excluding hydrogens is 379 g/mol. The molecule has 2 aromatic rings. The average molecular weight is 409 g/mol. The maximum atomic E-state index is 14.2. The first-order chi connectivity index (χ1) is 14.5. The van der Waals surface area contributed by atoms with Crippen molar-refractivity contribution in [2.75, 3.05) is 36.4 Å². The number of piperazine rings is 1. The second-order valence-corrected chi connectivity index (χ2v) is 8.20. The zero-order valence-electron chi connectivity index (χ0n) is 17.9. The smallest absolute Gasteiger partial charge is 0.237 e. The summed E-state index contributed by atoms with van der Waals surface area (Å²) >= 11 is 0. The number of carbonyl (C=O) groups is 1. The van der Waals surface area contributed by atoms with Gasteiger partial charge >= 0.3 is 0 Å². The molecule has 158 valence electrons. The highest BCUT2D eigenvalue weighted by Crippen LogP contribution is 2.34. The summed E-state index contributed by atoms with van der Waals surface area (Å²) in [5, 5.41) is 2.72. The van der Waals surface area contributed by atoms with Crippen LogP contribution in [0.15, 0.2) is 41.4 Å². The van der Waals surface area contributed by atoms with Crippen molar-refractivity contribution in [1.82, 2.24) is 4.90 Å². The molecule has 0 radical (unpaired) electrons. The van der Waals surface area contributed by atoms with Gasteiger partial charge in [0, 0.05) is 55.4 Å². The summed E-state index contributed by atoms with van der Waals surface area (Å²) in [6.45, 7) is 10.8. The van der Waals surface area contributed by atoms with Crippen molar-refractivity contribution in [3.05, 3.63) is 53.3 Å². The Kier molecular flexibility index (Phi) is 5.86. The highest BCUT2D eigenvalue weighted by molar-refractivity contribution is 6.12. The molecule has 5 nitrogen and oxygen atoms in total. The molecule has 6 heteroatoms. The van der Waals surface area contributed by atoms with Crippen molar-refractivity contribution in [3.63, 3.8) is 0 Å². The number of rotatable bonds is 5. The van der Waals surface area contributed by atoms with Gasteiger partial charge in [-0.25, -0.2) is 4.39 Å². The van der Waals surface area contributed by atoms with E-state index >= 15 is 0 Å². The van der Waals surface area contributed by atoms with E-state index in [-0.39, 0.29) is 11.7 Å². The second kappa shape index (κ2) is 8.56. The summed E-state index contributed by atoms with van der Waals surface area (Å²) in [5.74, 6) is -1.33. The molecule has 1 fully saturated rings. The van der Waals surface area contributed by atoms with Gasteiger partial charge in [0.1, 0.15) is 11.7 Å². The lowest BCUT2D eigenvalue weighted by molar-refractivity contribution is -0.115. The molecule has 2 aromatic carbocycles. The van der Waals surface area contributed by atoms with Gasteiger partial charge in [0.25, 0.3) is 0 Å². The predicted molar refractivity (Wildman–Crippen MR) is 121 cm³/mol. The molecule has 30 heavy (non-hydrogen) atoms. The van der Waals surface area contributed by atoms with Crippen LogP contribution in [-0.4, -0.2) is 49.2 Å². The van der Waals surface area contributed by atoms with E-state index in [9.17, 15) is 9.18 Å². The fraction of sp³-hybridized carbons (Fsp3) is 0.417. The number of halogens is 1. The fourth-order valence-corrected chi connectivity index (χ4v) is 4.34. The Morgan fingerprint density at radius 3 is 2.70 bits per heavy atom. The second-order valence-electron chi connectivity index (χ2n) is 8.20. The number of aryl methyl sites for hydroxylation is 1. The standard InChI is InChI=1S/C24H29FN4O/c1-4-17(3)28-10-12-29(13-11-28)22-9-8-18(14-16(22)2)26-15-19-23-20(25)6-5-7-21(23)27-24(19)30/h5-9,14-15,17,19H,4,10-13H2,1-3H3,(H,27,30). The van der Waals surface area contributed by atoms with E-state index in [4.69, 9.17) is 0 Å². The number of carbonyl (C=O) groups excluding carboxylic acids is 1. The molecule has 0 saturated carbocycles. The van der Waals surface area contributed by atoms with Crippen LogP contribution in [0.2, 0.25) is 0 Å². The Hall–Kier alpha value is -2.73. The van der Waals surface area contributed by atoms with E-state index in [1.54, 1.807) is 18.3 Å². The summed E-state index contributed by atoms with van der Waals surface area (Å²) in [5.41, 5.74) is 4.06. The lowest BCUT2D eigenvalue weighted by Gasteiger charge is -2.39.